The van der Waals surface area contributed by atoms with Crippen LogP contribution in [0.5, 0.6) is 11.5 Å². The van der Waals surface area contributed by atoms with Crippen molar-refractivity contribution in [2.24, 2.45) is 0 Å². The number of rotatable bonds is 8. The van der Waals surface area contributed by atoms with Gasteiger partial charge in [-0.05, 0) is 66.1 Å². The van der Waals surface area contributed by atoms with Crippen molar-refractivity contribution in [2.75, 3.05) is 13.2 Å². The summed E-state index contributed by atoms with van der Waals surface area (Å²) in [4.78, 5) is 37.3. The highest BCUT2D eigenvalue weighted by molar-refractivity contribution is 8.18. The first-order valence-corrected chi connectivity index (χ1v) is 11.6. The number of aryl methyl sites for hydroxylation is 1. The van der Waals surface area contributed by atoms with E-state index in [0.717, 1.165) is 27.8 Å². The minimum Gasteiger partial charge on any atom is -0.502 e. The summed E-state index contributed by atoms with van der Waals surface area (Å²) in [7, 11) is 0. The standard InChI is InChI=1S/C26H22N2O6S/c1-17-6-5-9-21(12-17)34-11-10-27-25(30)23(35-26(27)31)16-20-14-19(13-18-7-3-2-4-8-18)15-22(24(20)29)28(32)33/h2-9,12,14-16,29H,10-11,13H2,1H3/b23-16-. The number of aromatic hydroxyl groups is 1. The molecule has 0 bridgehead atoms. The Morgan fingerprint density at radius 1 is 1.06 bits per heavy atom. The Kier molecular flexibility index (Phi) is 7.17. The summed E-state index contributed by atoms with van der Waals surface area (Å²) >= 11 is 0.720. The number of nitro groups is 1. The molecule has 4 rings (SSSR count). The number of phenols is 1. The van der Waals surface area contributed by atoms with E-state index in [1.807, 2.05) is 55.5 Å². The number of carbonyl (C=O) groups is 2. The van der Waals surface area contributed by atoms with Gasteiger partial charge in [-0.1, -0.05) is 42.5 Å². The van der Waals surface area contributed by atoms with Crippen LogP contribution < -0.4 is 4.74 Å². The minimum atomic E-state index is -0.671. The van der Waals surface area contributed by atoms with E-state index in [-0.39, 0.29) is 23.6 Å². The molecule has 1 saturated heterocycles. The number of phenolic OH excluding ortho intramolecular Hbond substituents is 1. The normalized spacial score (nSPS) is 14.5. The van der Waals surface area contributed by atoms with Crippen molar-refractivity contribution in [2.45, 2.75) is 13.3 Å². The number of carbonyl (C=O) groups excluding carboxylic acids is 2. The number of ether oxygens (including phenoxy) is 1. The molecule has 1 aliphatic rings. The second-order valence-electron chi connectivity index (χ2n) is 7.97. The third-order valence-corrected chi connectivity index (χ3v) is 6.27. The molecule has 1 N–H and O–H groups in total. The van der Waals surface area contributed by atoms with Gasteiger partial charge in [-0.15, -0.1) is 0 Å². The van der Waals surface area contributed by atoms with Crippen LogP contribution in [0.1, 0.15) is 22.3 Å². The van der Waals surface area contributed by atoms with Gasteiger partial charge in [0.2, 0.25) is 5.75 Å². The summed E-state index contributed by atoms with van der Waals surface area (Å²) in [6, 6.07) is 19.7. The number of nitro benzene ring substituents is 1. The minimum absolute atomic E-state index is 0.0517. The van der Waals surface area contributed by atoms with E-state index in [4.69, 9.17) is 4.74 Å². The second kappa shape index (κ2) is 10.4. The molecule has 0 aliphatic carbocycles. The summed E-state index contributed by atoms with van der Waals surface area (Å²) in [5.74, 6) is -0.454. The number of hydrogen-bond donors (Lipinski definition) is 1. The number of nitrogens with zero attached hydrogens (tertiary/aromatic N) is 2. The van der Waals surface area contributed by atoms with E-state index in [0.29, 0.717) is 17.7 Å². The molecule has 2 amide bonds. The first kappa shape index (κ1) is 24.0. The predicted octanol–water partition coefficient (Wildman–Crippen LogP) is 5.31. The zero-order valence-corrected chi connectivity index (χ0v) is 19.7. The third-order valence-electron chi connectivity index (χ3n) is 5.36. The lowest BCUT2D eigenvalue weighted by Gasteiger charge is -2.13. The first-order chi connectivity index (χ1) is 16.8. The predicted molar refractivity (Wildman–Crippen MR) is 133 cm³/mol. The topological polar surface area (TPSA) is 110 Å². The van der Waals surface area contributed by atoms with Crippen LogP contribution in [-0.4, -0.2) is 39.2 Å². The third kappa shape index (κ3) is 5.70. The van der Waals surface area contributed by atoms with Gasteiger partial charge in [0.1, 0.15) is 12.4 Å². The van der Waals surface area contributed by atoms with E-state index < -0.39 is 27.5 Å². The molecule has 1 aliphatic heterocycles. The lowest BCUT2D eigenvalue weighted by atomic mass is 10.0. The largest absolute Gasteiger partial charge is 0.502 e. The fourth-order valence-corrected chi connectivity index (χ4v) is 4.53. The molecule has 0 unspecified atom stereocenters. The smallest absolute Gasteiger partial charge is 0.311 e. The summed E-state index contributed by atoms with van der Waals surface area (Å²) in [6.07, 6.45) is 1.73. The van der Waals surface area contributed by atoms with Crippen molar-refractivity contribution in [1.82, 2.24) is 4.90 Å². The Hall–Kier alpha value is -4.11. The Bertz CT molecular complexity index is 1320. The van der Waals surface area contributed by atoms with Crippen molar-refractivity contribution in [1.29, 1.82) is 0 Å². The molecule has 0 saturated carbocycles. The highest BCUT2D eigenvalue weighted by atomic mass is 32.2. The molecule has 0 spiro atoms. The molecule has 8 nitrogen and oxygen atoms in total. The summed E-state index contributed by atoms with van der Waals surface area (Å²) in [6.45, 7) is 2.11. The first-order valence-electron chi connectivity index (χ1n) is 10.8. The van der Waals surface area contributed by atoms with Crippen LogP contribution in [0.3, 0.4) is 0 Å². The maximum absolute atomic E-state index is 12.9. The van der Waals surface area contributed by atoms with Gasteiger partial charge in [-0.25, -0.2) is 0 Å². The van der Waals surface area contributed by atoms with Crippen molar-refractivity contribution < 1.29 is 24.4 Å². The van der Waals surface area contributed by atoms with Crippen molar-refractivity contribution >= 4 is 34.7 Å². The van der Waals surface area contributed by atoms with Gasteiger partial charge < -0.3 is 9.84 Å². The highest BCUT2D eigenvalue weighted by Crippen LogP contribution is 2.37. The SMILES string of the molecule is Cc1cccc(OCCN2C(=O)S/C(=C\c3cc(Cc4ccccc4)cc([N+](=O)[O-])c3O)C2=O)c1. The number of thioether (sulfide) groups is 1. The van der Waals surface area contributed by atoms with Crippen LogP contribution in [0.2, 0.25) is 0 Å². The molecule has 0 radical (unpaired) electrons. The van der Waals surface area contributed by atoms with Gasteiger partial charge in [0.05, 0.1) is 16.4 Å². The average molecular weight is 491 g/mol. The van der Waals surface area contributed by atoms with Gasteiger partial charge in [0, 0.05) is 11.6 Å². The van der Waals surface area contributed by atoms with Crippen molar-refractivity contribution in [3.05, 3.63) is 104 Å². The van der Waals surface area contributed by atoms with E-state index in [1.165, 1.54) is 12.1 Å². The summed E-state index contributed by atoms with van der Waals surface area (Å²) in [5, 5.41) is 21.5. The zero-order chi connectivity index (χ0) is 24.9. The lowest BCUT2D eigenvalue weighted by molar-refractivity contribution is -0.385. The van der Waals surface area contributed by atoms with E-state index in [2.05, 4.69) is 0 Å². The molecule has 0 aromatic heterocycles. The van der Waals surface area contributed by atoms with E-state index >= 15 is 0 Å². The van der Waals surface area contributed by atoms with Crippen LogP contribution in [0.25, 0.3) is 6.08 Å². The Morgan fingerprint density at radius 3 is 2.54 bits per heavy atom. The average Bonchev–Trinajstić information content (AvgIpc) is 3.09. The maximum Gasteiger partial charge on any atom is 0.311 e. The molecule has 3 aromatic rings. The molecule has 35 heavy (non-hydrogen) atoms. The lowest BCUT2D eigenvalue weighted by Crippen LogP contribution is -2.32. The van der Waals surface area contributed by atoms with Crippen LogP contribution in [0.15, 0.2) is 71.6 Å². The Morgan fingerprint density at radius 2 is 1.83 bits per heavy atom. The fourth-order valence-electron chi connectivity index (χ4n) is 3.68. The number of amides is 2. The van der Waals surface area contributed by atoms with Crippen molar-refractivity contribution in [3.8, 4) is 11.5 Å². The quantitative estimate of drug-likeness (QED) is 0.259. The van der Waals surface area contributed by atoms with Gasteiger partial charge in [0.25, 0.3) is 11.1 Å². The second-order valence-corrected chi connectivity index (χ2v) is 8.96. The van der Waals surface area contributed by atoms with Crippen molar-refractivity contribution in [3.63, 3.8) is 0 Å². The molecule has 178 valence electrons. The highest BCUT2D eigenvalue weighted by Gasteiger charge is 2.35. The van der Waals surface area contributed by atoms with Crippen LogP contribution >= 0.6 is 11.8 Å². The summed E-state index contributed by atoms with van der Waals surface area (Å²) < 4.78 is 5.64. The summed E-state index contributed by atoms with van der Waals surface area (Å²) in [5.41, 5.74) is 2.20. The maximum atomic E-state index is 12.9. The van der Waals surface area contributed by atoms with Crippen LogP contribution in [-0.2, 0) is 11.2 Å². The number of benzene rings is 3. The van der Waals surface area contributed by atoms with Gasteiger partial charge in [-0.3, -0.25) is 24.6 Å². The molecule has 1 heterocycles. The molecular weight excluding hydrogens is 468 g/mol. The molecule has 9 heteroatoms. The molecule has 1 fully saturated rings. The number of hydrogen-bond acceptors (Lipinski definition) is 7. The van der Waals surface area contributed by atoms with E-state index in [1.54, 1.807) is 12.1 Å². The molecule has 3 aromatic carbocycles. The van der Waals surface area contributed by atoms with Crippen LogP contribution in [0.4, 0.5) is 10.5 Å². The van der Waals surface area contributed by atoms with E-state index in [9.17, 15) is 24.8 Å². The van der Waals surface area contributed by atoms with Gasteiger partial charge in [0.15, 0.2) is 0 Å². The molecule has 0 atom stereocenters. The van der Waals surface area contributed by atoms with Crippen LogP contribution in [0, 0.1) is 17.0 Å². The fraction of sp³-hybridized carbons (Fsp3) is 0.154. The monoisotopic (exact) mass is 490 g/mol. The Labute approximate surface area is 206 Å². The zero-order valence-electron chi connectivity index (χ0n) is 18.8. The molecular formula is C26H22N2O6S. The van der Waals surface area contributed by atoms with Gasteiger partial charge in [-0.2, -0.15) is 0 Å². The Balaban J connectivity index is 1.54. The van der Waals surface area contributed by atoms with Gasteiger partial charge >= 0.3 is 5.69 Å². The number of imide groups is 1.